The minimum atomic E-state index is -1.27. The summed E-state index contributed by atoms with van der Waals surface area (Å²) in [5, 5.41) is 22.0. The number of fused-ring (bicyclic) bond motifs is 2. The topological polar surface area (TPSA) is 97.8 Å². The molecular weight excluding hydrogens is 351 g/mol. The summed E-state index contributed by atoms with van der Waals surface area (Å²) in [4.78, 5) is 14.5. The van der Waals surface area contributed by atoms with Crippen molar-refractivity contribution in [3.8, 4) is 0 Å². The van der Waals surface area contributed by atoms with Crippen LogP contribution in [0.1, 0.15) is 23.9 Å². The molecule has 0 spiro atoms. The second-order valence-electron chi connectivity index (χ2n) is 5.46. The number of aromatic amines is 2. The molecular formula is C16H12Cl2N4O2. The minimum Gasteiger partial charge on any atom is -0.382 e. The molecule has 0 saturated carbocycles. The summed E-state index contributed by atoms with van der Waals surface area (Å²) in [5.74, 6) is 0.469. The van der Waals surface area contributed by atoms with Crippen molar-refractivity contribution >= 4 is 45.3 Å². The number of aliphatic hydroxyl groups is 2. The molecule has 2 heterocycles. The highest BCUT2D eigenvalue weighted by molar-refractivity contribution is 6.31. The summed E-state index contributed by atoms with van der Waals surface area (Å²) in [7, 11) is 0. The van der Waals surface area contributed by atoms with Gasteiger partial charge in [-0.05, 0) is 36.4 Å². The fraction of sp³-hybridized carbons (Fsp3) is 0.125. The zero-order valence-corrected chi connectivity index (χ0v) is 13.7. The summed E-state index contributed by atoms with van der Waals surface area (Å²) in [6.45, 7) is 0. The summed E-state index contributed by atoms with van der Waals surface area (Å²) in [6.07, 6.45) is -2.54. The first-order valence-electron chi connectivity index (χ1n) is 7.18. The summed E-state index contributed by atoms with van der Waals surface area (Å²) in [5.41, 5.74) is 2.66. The highest BCUT2D eigenvalue weighted by atomic mass is 35.5. The second kappa shape index (κ2) is 5.75. The molecule has 24 heavy (non-hydrogen) atoms. The van der Waals surface area contributed by atoms with Crippen LogP contribution in [0.15, 0.2) is 36.4 Å². The maximum atomic E-state index is 10.4. The molecule has 0 saturated heterocycles. The molecule has 0 aliphatic rings. The van der Waals surface area contributed by atoms with Crippen LogP contribution in [0.4, 0.5) is 0 Å². The number of aliphatic hydroxyl groups excluding tert-OH is 2. The number of nitrogens with one attached hydrogen (secondary N) is 2. The van der Waals surface area contributed by atoms with E-state index in [2.05, 4.69) is 19.9 Å². The molecule has 0 aliphatic heterocycles. The van der Waals surface area contributed by atoms with E-state index in [-0.39, 0.29) is 11.6 Å². The molecule has 0 unspecified atom stereocenters. The first-order valence-corrected chi connectivity index (χ1v) is 7.93. The highest BCUT2D eigenvalue weighted by Gasteiger charge is 2.26. The lowest BCUT2D eigenvalue weighted by Crippen LogP contribution is -2.13. The molecule has 6 nitrogen and oxygen atoms in total. The second-order valence-corrected chi connectivity index (χ2v) is 6.33. The Morgan fingerprint density at radius 1 is 0.750 bits per heavy atom. The smallest absolute Gasteiger partial charge is 0.145 e. The molecule has 4 aromatic rings. The first-order chi connectivity index (χ1) is 11.5. The Labute approximate surface area is 146 Å². The Bertz CT molecular complexity index is 959. The number of halogens is 2. The van der Waals surface area contributed by atoms with Crippen LogP contribution in [0.3, 0.4) is 0 Å². The molecule has 0 fully saturated rings. The van der Waals surface area contributed by atoms with Crippen molar-refractivity contribution < 1.29 is 10.2 Å². The highest BCUT2D eigenvalue weighted by Crippen LogP contribution is 2.29. The van der Waals surface area contributed by atoms with Gasteiger partial charge in [-0.2, -0.15) is 0 Å². The van der Waals surface area contributed by atoms with E-state index < -0.39 is 12.2 Å². The third-order valence-corrected chi connectivity index (χ3v) is 4.25. The fourth-order valence-electron chi connectivity index (χ4n) is 2.58. The Balaban J connectivity index is 1.69. The first kappa shape index (κ1) is 15.4. The minimum absolute atomic E-state index is 0.234. The lowest BCUT2D eigenvalue weighted by molar-refractivity contribution is 0.00780. The standard InChI is InChI=1S/C16H12Cl2N4O2/c17-7-1-3-9-11(5-7)21-15(19-9)13(23)14(24)16-20-10-4-2-8(18)6-12(10)22-16/h1-6,13-14,23-24H,(H,19,21)(H,20,22)/t13-,14-/m0/s1. The van der Waals surface area contributed by atoms with Gasteiger partial charge in [0.1, 0.15) is 23.9 Å². The average molecular weight is 363 g/mol. The number of hydrogen-bond donors (Lipinski definition) is 4. The quantitative estimate of drug-likeness (QED) is 0.448. The Hall–Kier alpha value is -2.12. The van der Waals surface area contributed by atoms with E-state index in [0.29, 0.717) is 32.1 Å². The molecule has 0 bridgehead atoms. The van der Waals surface area contributed by atoms with Crippen molar-refractivity contribution in [3.05, 3.63) is 58.1 Å². The van der Waals surface area contributed by atoms with Gasteiger partial charge in [-0.1, -0.05) is 23.2 Å². The fourth-order valence-corrected chi connectivity index (χ4v) is 2.93. The molecule has 4 N–H and O–H groups in total. The van der Waals surface area contributed by atoms with Crippen molar-refractivity contribution in [1.82, 2.24) is 19.9 Å². The predicted molar refractivity (Wildman–Crippen MR) is 92.1 cm³/mol. The molecule has 4 rings (SSSR count). The van der Waals surface area contributed by atoms with E-state index in [9.17, 15) is 10.2 Å². The number of hydrogen-bond acceptors (Lipinski definition) is 4. The van der Waals surface area contributed by atoms with E-state index in [1.807, 2.05) is 0 Å². The summed E-state index contributed by atoms with van der Waals surface area (Å²) < 4.78 is 0. The van der Waals surface area contributed by atoms with Crippen LogP contribution in [0.5, 0.6) is 0 Å². The van der Waals surface area contributed by atoms with E-state index in [1.54, 1.807) is 36.4 Å². The number of rotatable bonds is 3. The van der Waals surface area contributed by atoms with Crippen LogP contribution >= 0.6 is 23.2 Å². The maximum Gasteiger partial charge on any atom is 0.145 e. The van der Waals surface area contributed by atoms with Crippen molar-refractivity contribution in [2.75, 3.05) is 0 Å². The molecule has 2 aromatic carbocycles. The number of aromatic nitrogens is 4. The van der Waals surface area contributed by atoms with Crippen molar-refractivity contribution in [2.45, 2.75) is 12.2 Å². The molecule has 0 radical (unpaired) electrons. The molecule has 2 aromatic heterocycles. The Kier molecular flexibility index (Phi) is 3.69. The zero-order valence-electron chi connectivity index (χ0n) is 12.2. The van der Waals surface area contributed by atoms with Gasteiger partial charge < -0.3 is 20.2 Å². The lowest BCUT2D eigenvalue weighted by Gasteiger charge is -2.13. The monoisotopic (exact) mass is 362 g/mol. The van der Waals surface area contributed by atoms with Gasteiger partial charge in [0.15, 0.2) is 0 Å². The van der Waals surface area contributed by atoms with Crippen molar-refractivity contribution in [1.29, 1.82) is 0 Å². The van der Waals surface area contributed by atoms with E-state index in [0.717, 1.165) is 0 Å². The van der Waals surface area contributed by atoms with Gasteiger partial charge in [-0.25, -0.2) is 9.97 Å². The van der Waals surface area contributed by atoms with E-state index in [1.165, 1.54) is 0 Å². The van der Waals surface area contributed by atoms with Gasteiger partial charge in [0, 0.05) is 10.0 Å². The number of H-pyrrole nitrogens is 2. The van der Waals surface area contributed by atoms with Gasteiger partial charge in [-0.15, -0.1) is 0 Å². The molecule has 8 heteroatoms. The van der Waals surface area contributed by atoms with E-state index in [4.69, 9.17) is 23.2 Å². The summed E-state index contributed by atoms with van der Waals surface area (Å²) in [6, 6.07) is 10.3. The number of benzene rings is 2. The van der Waals surface area contributed by atoms with Gasteiger partial charge in [0.2, 0.25) is 0 Å². The van der Waals surface area contributed by atoms with Gasteiger partial charge in [-0.3, -0.25) is 0 Å². The van der Waals surface area contributed by atoms with Crippen molar-refractivity contribution in [2.24, 2.45) is 0 Å². The Morgan fingerprint density at radius 2 is 1.17 bits per heavy atom. The number of nitrogens with zero attached hydrogens (tertiary/aromatic N) is 2. The third-order valence-electron chi connectivity index (χ3n) is 3.78. The predicted octanol–water partition coefficient (Wildman–Crippen LogP) is 3.51. The normalized spacial score (nSPS) is 14.3. The van der Waals surface area contributed by atoms with Gasteiger partial charge in [0.05, 0.1) is 22.1 Å². The SMILES string of the molecule is O[C@H](c1nc2ccc(Cl)cc2[nH]1)[C@H](O)c1nc2ccc(Cl)cc2[nH]1. The Morgan fingerprint density at radius 3 is 1.58 bits per heavy atom. The molecule has 2 atom stereocenters. The van der Waals surface area contributed by atoms with Gasteiger partial charge in [0.25, 0.3) is 0 Å². The van der Waals surface area contributed by atoms with Crippen LogP contribution in [0.25, 0.3) is 22.1 Å². The molecule has 0 amide bonds. The number of imidazole rings is 2. The maximum absolute atomic E-state index is 10.4. The average Bonchev–Trinajstić information content (AvgIpc) is 3.16. The van der Waals surface area contributed by atoms with Crippen LogP contribution in [-0.2, 0) is 0 Å². The molecule has 0 aliphatic carbocycles. The van der Waals surface area contributed by atoms with Crippen molar-refractivity contribution in [3.63, 3.8) is 0 Å². The van der Waals surface area contributed by atoms with Gasteiger partial charge >= 0.3 is 0 Å². The van der Waals surface area contributed by atoms with Crippen LogP contribution < -0.4 is 0 Å². The lowest BCUT2D eigenvalue weighted by atomic mass is 10.2. The van der Waals surface area contributed by atoms with E-state index >= 15 is 0 Å². The van der Waals surface area contributed by atoms with Crippen LogP contribution in [0.2, 0.25) is 10.0 Å². The summed E-state index contributed by atoms with van der Waals surface area (Å²) >= 11 is 11.9. The zero-order chi connectivity index (χ0) is 16.8. The van der Waals surface area contributed by atoms with Crippen LogP contribution in [0, 0.1) is 0 Å². The molecule has 122 valence electrons. The largest absolute Gasteiger partial charge is 0.382 e. The third kappa shape index (κ3) is 2.63. The van der Waals surface area contributed by atoms with Crippen LogP contribution in [-0.4, -0.2) is 30.1 Å².